The number of alkyl halides is 3. The van der Waals surface area contributed by atoms with E-state index in [4.69, 9.17) is 4.74 Å². The zero-order chi connectivity index (χ0) is 17.9. The number of amides is 1. The van der Waals surface area contributed by atoms with Crippen LogP contribution in [0, 0.1) is 5.92 Å². The molecule has 2 fully saturated rings. The second-order valence-electron chi connectivity index (χ2n) is 6.89. The van der Waals surface area contributed by atoms with Crippen LogP contribution >= 0.6 is 0 Å². The lowest BCUT2D eigenvalue weighted by atomic mass is 9.97. The second-order valence-corrected chi connectivity index (χ2v) is 6.89. The highest BCUT2D eigenvalue weighted by Gasteiger charge is 2.42. The van der Waals surface area contributed by atoms with Crippen LogP contribution in [0.15, 0.2) is 18.3 Å². The number of pyridine rings is 1. The lowest BCUT2D eigenvalue weighted by molar-refractivity contribution is -0.184. The van der Waals surface area contributed by atoms with Crippen LogP contribution in [0.4, 0.5) is 13.2 Å². The molecule has 138 valence electrons. The Morgan fingerprint density at radius 3 is 2.64 bits per heavy atom. The number of halogens is 3. The van der Waals surface area contributed by atoms with Crippen LogP contribution in [-0.4, -0.2) is 41.2 Å². The third-order valence-corrected chi connectivity index (χ3v) is 4.99. The first-order valence-electron chi connectivity index (χ1n) is 8.92. The topological polar surface area (TPSA) is 42.4 Å². The molecule has 2 heterocycles. The number of carbonyl (C=O) groups excluding carboxylic acids is 1. The maximum absolute atomic E-state index is 12.9. The highest BCUT2D eigenvalue weighted by atomic mass is 19.4. The quantitative estimate of drug-likeness (QED) is 0.815. The highest BCUT2D eigenvalue weighted by molar-refractivity contribution is 5.94. The number of piperidine rings is 1. The van der Waals surface area contributed by atoms with Crippen molar-refractivity contribution >= 4 is 5.91 Å². The number of likely N-dealkylation sites (tertiary alicyclic amines) is 1. The summed E-state index contributed by atoms with van der Waals surface area (Å²) in [7, 11) is 0. The van der Waals surface area contributed by atoms with Gasteiger partial charge < -0.3 is 9.64 Å². The first kappa shape index (κ1) is 18.0. The molecule has 1 aromatic heterocycles. The van der Waals surface area contributed by atoms with Gasteiger partial charge in [0.1, 0.15) is 6.10 Å². The van der Waals surface area contributed by atoms with E-state index in [0.717, 1.165) is 25.7 Å². The molecule has 0 unspecified atom stereocenters. The molecule has 0 aromatic carbocycles. The Balaban J connectivity index is 1.66. The van der Waals surface area contributed by atoms with Crippen molar-refractivity contribution < 1.29 is 22.7 Å². The Morgan fingerprint density at radius 1 is 1.16 bits per heavy atom. The van der Waals surface area contributed by atoms with Crippen molar-refractivity contribution in [3.05, 3.63) is 23.9 Å². The number of ether oxygens (including phenoxy) is 1. The number of carbonyl (C=O) groups is 1. The van der Waals surface area contributed by atoms with E-state index in [2.05, 4.69) is 4.98 Å². The number of hydrogen-bond acceptors (Lipinski definition) is 3. The average Bonchev–Trinajstić information content (AvgIpc) is 2.61. The molecular weight excluding hydrogens is 333 g/mol. The number of hydrogen-bond donors (Lipinski definition) is 0. The van der Waals surface area contributed by atoms with E-state index in [1.165, 1.54) is 23.6 Å². The van der Waals surface area contributed by atoms with Gasteiger partial charge in [0.25, 0.3) is 5.91 Å². The summed E-state index contributed by atoms with van der Waals surface area (Å²) >= 11 is 0. The number of rotatable bonds is 3. The summed E-state index contributed by atoms with van der Waals surface area (Å²) in [5.74, 6) is -1.45. The first-order chi connectivity index (χ1) is 11.9. The van der Waals surface area contributed by atoms with Gasteiger partial charge >= 0.3 is 6.18 Å². The van der Waals surface area contributed by atoms with Crippen LogP contribution in [0.1, 0.15) is 55.3 Å². The van der Waals surface area contributed by atoms with Gasteiger partial charge in [-0.05, 0) is 44.6 Å². The van der Waals surface area contributed by atoms with Crippen LogP contribution in [0.5, 0.6) is 5.88 Å². The van der Waals surface area contributed by atoms with Crippen LogP contribution in [-0.2, 0) is 0 Å². The molecule has 25 heavy (non-hydrogen) atoms. The molecule has 1 aromatic rings. The molecule has 0 spiro atoms. The van der Waals surface area contributed by atoms with Crippen molar-refractivity contribution in [2.24, 2.45) is 5.92 Å². The molecule has 4 nitrogen and oxygen atoms in total. The van der Waals surface area contributed by atoms with Crippen LogP contribution < -0.4 is 4.74 Å². The van der Waals surface area contributed by atoms with Gasteiger partial charge in [-0.25, -0.2) is 4.98 Å². The van der Waals surface area contributed by atoms with E-state index in [-0.39, 0.29) is 25.0 Å². The van der Waals surface area contributed by atoms with Crippen molar-refractivity contribution in [2.45, 2.75) is 57.2 Å². The molecule has 0 bridgehead atoms. The van der Waals surface area contributed by atoms with E-state index < -0.39 is 12.1 Å². The SMILES string of the molecule is O=C(c1ccnc(OC2CCCCC2)c1)N1CCC[C@@H](C(F)(F)F)C1. The van der Waals surface area contributed by atoms with Gasteiger partial charge in [-0.2, -0.15) is 13.2 Å². The summed E-state index contributed by atoms with van der Waals surface area (Å²) in [6.07, 6.45) is 3.18. The van der Waals surface area contributed by atoms with Crippen molar-refractivity contribution in [3.63, 3.8) is 0 Å². The summed E-state index contributed by atoms with van der Waals surface area (Å²) in [6, 6.07) is 3.08. The zero-order valence-electron chi connectivity index (χ0n) is 14.1. The fourth-order valence-corrected chi connectivity index (χ4v) is 3.57. The largest absolute Gasteiger partial charge is 0.474 e. The van der Waals surface area contributed by atoms with Gasteiger partial charge in [-0.15, -0.1) is 0 Å². The molecule has 1 saturated heterocycles. The lowest BCUT2D eigenvalue weighted by Crippen LogP contribution is -2.44. The van der Waals surface area contributed by atoms with Crippen molar-refractivity contribution in [2.75, 3.05) is 13.1 Å². The third-order valence-electron chi connectivity index (χ3n) is 4.99. The molecule has 1 saturated carbocycles. The summed E-state index contributed by atoms with van der Waals surface area (Å²) in [4.78, 5) is 18.0. The first-order valence-corrected chi connectivity index (χ1v) is 8.92. The van der Waals surface area contributed by atoms with Gasteiger partial charge in [-0.1, -0.05) is 6.42 Å². The van der Waals surface area contributed by atoms with Crippen molar-refractivity contribution in [1.29, 1.82) is 0 Å². The van der Waals surface area contributed by atoms with Gasteiger partial charge in [0.05, 0.1) is 5.92 Å². The van der Waals surface area contributed by atoms with E-state index in [9.17, 15) is 18.0 Å². The Kier molecular flexibility index (Phi) is 5.49. The number of nitrogens with zero attached hydrogens (tertiary/aromatic N) is 2. The number of aromatic nitrogens is 1. The molecule has 3 rings (SSSR count). The van der Waals surface area contributed by atoms with Crippen LogP contribution in [0.3, 0.4) is 0 Å². The molecule has 1 aliphatic carbocycles. The summed E-state index contributed by atoms with van der Waals surface area (Å²) in [6.45, 7) is 0.0794. The Labute approximate surface area is 145 Å². The second kappa shape index (κ2) is 7.62. The van der Waals surface area contributed by atoms with E-state index in [1.807, 2.05) is 0 Å². The Hall–Kier alpha value is -1.79. The minimum atomic E-state index is -4.26. The fraction of sp³-hybridized carbons (Fsp3) is 0.667. The molecular formula is C18H23F3N2O2. The smallest absolute Gasteiger partial charge is 0.393 e. The lowest BCUT2D eigenvalue weighted by Gasteiger charge is -2.33. The third kappa shape index (κ3) is 4.64. The predicted octanol–water partition coefficient (Wildman–Crippen LogP) is 4.21. The zero-order valence-corrected chi connectivity index (χ0v) is 14.1. The monoisotopic (exact) mass is 356 g/mol. The minimum Gasteiger partial charge on any atom is -0.474 e. The summed E-state index contributed by atoms with van der Waals surface area (Å²) < 4.78 is 44.7. The van der Waals surface area contributed by atoms with E-state index in [0.29, 0.717) is 24.4 Å². The van der Waals surface area contributed by atoms with Crippen molar-refractivity contribution in [3.8, 4) is 5.88 Å². The fourth-order valence-electron chi connectivity index (χ4n) is 3.57. The predicted molar refractivity (Wildman–Crippen MR) is 86.4 cm³/mol. The summed E-state index contributed by atoms with van der Waals surface area (Å²) in [5, 5.41) is 0. The molecule has 1 amide bonds. The Bertz CT molecular complexity index is 600. The normalized spacial score (nSPS) is 22.7. The maximum Gasteiger partial charge on any atom is 0.393 e. The molecule has 1 aliphatic heterocycles. The minimum absolute atomic E-state index is 0.0830. The Morgan fingerprint density at radius 2 is 1.92 bits per heavy atom. The van der Waals surface area contributed by atoms with Gasteiger partial charge in [-0.3, -0.25) is 4.79 Å². The maximum atomic E-state index is 12.9. The van der Waals surface area contributed by atoms with E-state index in [1.54, 1.807) is 6.07 Å². The van der Waals surface area contributed by atoms with Gasteiger partial charge in [0, 0.05) is 30.9 Å². The van der Waals surface area contributed by atoms with Gasteiger partial charge in [0.15, 0.2) is 0 Å². The molecule has 0 radical (unpaired) electrons. The van der Waals surface area contributed by atoms with Crippen LogP contribution in [0.25, 0.3) is 0 Å². The average molecular weight is 356 g/mol. The van der Waals surface area contributed by atoms with E-state index >= 15 is 0 Å². The summed E-state index contributed by atoms with van der Waals surface area (Å²) in [5.41, 5.74) is 0.337. The van der Waals surface area contributed by atoms with Crippen molar-refractivity contribution in [1.82, 2.24) is 9.88 Å². The molecule has 0 N–H and O–H groups in total. The van der Waals surface area contributed by atoms with Crippen LogP contribution in [0.2, 0.25) is 0 Å². The molecule has 1 atom stereocenters. The molecule has 2 aliphatic rings. The molecule has 7 heteroatoms. The highest BCUT2D eigenvalue weighted by Crippen LogP contribution is 2.33. The standard InChI is InChI=1S/C18H23F3N2O2/c19-18(20,21)14-5-4-10-23(12-14)17(24)13-8-9-22-16(11-13)25-15-6-2-1-3-7-15/h8-9,11,14-15H,1-7,10,12H2/t14-/m1/s1. The van der Waals surface area contributed by atoms with Gasteiger partial charge in [0.2, 0.25) is 5.88 Å².